The zero-order valence-electron chi connectivity index (χ0n) is 12.1. The van der Waals surface area contributed by atoms with Crippen molar-refractivity contribution in [2.75, 3.05) is 57.3 Å². The van der Waals surface area contributed by atoms with Crippen LogP contribution >= 0.6 is 0 Å². The summed E-state index contributed by atoms with van der Waals surface area (Å²) >= 11 is 0. The summed E-state index contributed by atoms with van der Waals surface area (Å²) in [6.07, 6.45) is 0. The van der Waals surface area contributed by atoms with Crippen LogP contribution in [0.1, 0.15) is 0 Å². The molecule has 21 heavy (non-hydrogen) atoms. The first-order chi connectivity index (χ1) is 10.1. The van der Waals surface area contributed by atoms with Crippen molar-refractivity contribution in [3.05, 3.63) is 0 Å². The average molecular weight is 306 g/mol. The van der Waals surface area contributed by atoms with E-state index in [2.05, 4.69) is 15.0 Å². The quantitative estimate of drug-likeness (QED) is 0.404. The molecule has 12 heteroatoms. The lowest BCUT2D eigenvalue weighted by atomic mass is 10.7. The Morgan fingerprint density at radius 3 is 1.33 bits per heavy atom. The molecule has 0 saturated heterocycles. The topological polar surface area (TPSA) is 126 Å². The largest absolute Gasteiger partial charge is 0.376 e. The van der Waals surface area contributed by atoms with Gasteiger partial charge in [-0.3, -0.25) is 4.90 Å². The smallest absolute Gasteiger partial charge is 0.284 e. The van der Waals surface area contributed by atoms with Crippen molar-refractivity contribution < 1.29 is 29.6 Å². The second-order valence-corrected chi connectivity index (χ2v) is 3.30. The van der Waals surface area contributed by atoms with E-state index in [9.17, 15) is 10.2 Å². The van der Waals surface area contributed by atoms with Crippen molar-refractivity contribution in [1.82, 2.24) is 15.0 Å². The molecule has 0 atom stereocenters. The third-order valence-corrected chi connectivity index (χ3v) is 2.21. The summed E-state index contributed by atoms with van der Waals surface area (Å²) in [4.78, 5) is 32.7. The molecule has 0 saturated carbocycles. The van der Waals surface area contributed by atoms with Crippen molar-refractivity contribution in [2.45, 2.75) is 0 Å². The number of rotatable bonds is 9. The minimum Gasteiger partial charge on any atom is -0.376 e. The van der Waals surface area contributed by atoms with Crippen LogP contribution in [0.4, 0.5) is 17.8 Å². The third kappa shape index (κ3) is 4.07. The van der Waals surface area contributed by atoms with Crippen LogP contribution in [0.5, 0.6) is 0 Å². The van der Waals surface area contributed by atoms with E-state index in [1.165, 1.54) is 28.4 Å². The van der Waals surface area contributed by atoms with Crippen LogP contribution in [0.15, 0.2) is 0 Å². The van der Waals surface area contributed by atoms with Gasteiger partial charge in [-0.05, 0) is 0 Å². The van der Waals surface area contributed by atoms with Gasteiger partial charge in [0.2, 0.25) is 5.95 Å². The van der Waals surface area contributed by atoms with Gasteiger partial charge in [-0.2, -0.15) is 15.0 Å². The normalized spacial score (nSPS) is 10.6. The van der Waals surface area contributed by atoms with Gasteiger partial charge in [0.05, 0.1) is 28.4 Å². The lowest BCUT2D eigenvalue weighted by molar-refractivity contribution is -0.0525. The first-order valence-corrected chi connectivity index (χ1v) is 5.64. The van der Waals surface area contributed by atoms with E-state index < -0.39 is 13.5 Å². The van der Waals surface area contributed by atoms with Crippen molar-refractivity contribution in [3.63, 3.8) is 0 Å². The van der Waals surface area contributed by atoms with Crippen molar-refractivity contribution in [2.24, 2.45) is 0 Å². The number of aliphatic hydroxyl groups excluding tert-OH is 2. The number of hydrogen-bond donors (Lipinski definition) is 2. The summed E-state index contributed by atoms with van der Waals surface area (Å²) in [5, 5.41) is 20.1. The Bertz CT molecular complexity index is 351. The Hall–Kier alpha value is -1.83. The number of anilines is 3. The number of nitrogens with zero attached hydrogens (tertiary/aromatic N) is 6. The molecule has 12 nitrogen and oxygen atoms in total. The van der Waals surface area contributed by atoms with Gasteiger partial charge < -0.3 is 10.2 Å². The maximum Gasteiger partial charge on any atom is 0.284 e. The average Bonchev–Trinajstić information content (AvgIpc) is 2.51. The second-order valence-electron chi connectivity index (χ2n) is 3.30. The van der Waals surface area contributed by atoms with E-state index in [0.717, 1.165) is 15.4 Å². The molecule has 0 aliphatic carbocycles. The predicted octanol–water partition coefficient (Wildman–Crippen LogP) is -1.56. The minimum absolute atomic E-state index is 0.0433. The molecular weight excluding hydrogens is 288 g/mol. The van der Waals surface area contributed by atoms with Crippen LogP contribution in [0, 0.1) is 0 Å². The van der Waals surface area contributed by atoms with Gasteiger partial charge in [0.15, 0.2) is 0 Å². The van der Waals surface area contributed by atoms with Crippen molar-refractivity contribution >= 4 is 17.8 Å². The van der Waals surface area contributed by atoms with E-state index in [1.807, 2.05) is 0 Å². The molecule has 0 bridgehead atoms. The molecule has 1 aromatic rings. The fraction of sp³-hybridized carbons (Fsp3) is 0.667. The summed E-state index contributed by atoms with van der Waals surface area (Å²) in [6, 6.07) is 0. The SMILES string of the molecule is CON(OC)c1nc(N(CO)CO)nc(N(OC)OC)n1. The molecule has 1 aromatic heterocycles. The highest BCUT2D eigenvalue weighted by Crippen LogP contribution is 2.19. The number of aromatic nitrogens is 3. The number of aliphatic hydroxyl groups is 2. The molecule has 0 spiro atoms. The summed E-state index contributed by atoms with van der Waals surface area (Å²) in [5.41, 5.74) is 0. The molecule has 0 aliphatic heterocycles. The third-order valence-electron chi connectivity index (χ3n) is 2.21. The minimum atomic E-state index is -0.515. The molecule has 0 aromatic carbocycles. The molecule has 0 amide bonds. The molecule has 0 aliphatic rings. The number of hydrogen-bond acceptors (Lipinski definition) is 12. The molecule has 0 radical (unpaired) electrons. The Morgan fingerprint density at radius 1 is 0.714 bits per heavy atom. The first-order valence-electron chi connectivity index (χ1n) is 5.64. The monoisotopic (exact) mass is 306 g/mol. The molecule has 0 fully saturated rings. The Balaban J connectivity index is 3.30. The Morgan fingerprint density at radius 2 is 1.05 bits per heavy atom. The Kier molecular flexibility index (Phi) is 6.93. The van der Waals surface area contributed by atoms with Gasteiger partial charge in [-0.25, -0.2) is 19.4 Å². The zero-order valence-corrected chi connectivity index (χ0v) is 12.1. The summed E-state index contributed by atoms with van der Waals surface area (Å²) in [7, 11) is 5.36. The van der Waals surface area contributed by atoms with Crippen molar-refractivity contribution in [3.8, 4) is 0 Å². The van der Waals surface area contributed by atoms with Crippen LogP contribution in [-0.2, 0) is 19.4 Å². The molecule has 2 N–H and O–H groups in total. The second kappa shape index (κ2) is 8.46. The maximum absolute atomic E-state index is 9.18. The molecule has 120 valence electrons. The molecule has 1 heterocycles. The fourth-order valence-electron chi connectivity index (χ4n) is 1.29. The van der Waals surface area contributed by atoms with Crippen LogP contribution in [0.2, 0.25) is 0 Å². The van der Waals surface area contributed by atoms with Crippen LogP contribution in [-0.4, -0.2) is 67.1 Å². The van der Waals surface area contributed by atoms with Crippen LogP contribution < -0.4 is 15.4 Å². The first kappa shape index (κ1) is 17.2. The highest BCUT2D eigenvalue weighted by atomic mass is 16.9. The highest BCUT2D eigenvalue weighted by molar-refractivity contribution is 5.42. The van der Waals surface area contributed by atoms with Gasteiger partial charge in [0, 0.05) is 0 Å². The van der Waals surface area contributed by atoms with E-state index in [4.69, 9.17) is 19.4 Å². The molecule has 1 rings (SSSR count). The van der Waals surface area contributed by atoms with Gasteiger partial charge in [0.1, 0.15) is 13.5 Å². The van der Waals surface area contributed by atoms with Crippen LogP contribution in [0.3, 0.4) is 0 Å². The summed E-state index contributed by atoms with van der Waals surface area (Å²) in [6.45, 7) is -1.03. The van der Waals surface area contributed by atoms with Crippen LogP contribution in [0.25, 0.3) is 0 Å². The maximum atomic E-state index is 9.18. The standard InChI is InChI=1S/C9H18N6O6/c1-18-14(19-2)8-10-7(13(5-16)6-17)11-9(12-8)15(20-3)21-4/h16-17H,5-6H2,1-4H3. The summed E-state index contributed by atoms with van der Waals surface area (Å²) < 4.78 is 0. The zero-order chi connectivity index (χ0) is 15.8. The lowest BCUT2D eigenvalue weighted by Gasteiger charge is -2.23. The lowest BCUT2D eigenvalue weighted by Crippen LogP contribution is -2.31. The van der Waals surface area contributed by atoms with E-state index >= 15 is 0 Å². The van der Waals surface area contributed by atoms with Gasteiger partial charge in [-0.1, -0.05) is 10.5 Å². The van der Waals surface area contributed by atoms with E-state index in [0.29, 0.717) is 0 Å². The van der Waals surface area contributed by atoms with E-state index in [-0.39, 0.29) is 17.8 Å². The van der Waals surface area contributed by atoms with E-state index in [1.54, 1.807) is 0 Å². The predicted molar refractivity (Wildman–Crippen MR) is 69.5 cm³/mol. The van der Waals surface area contributed by atoms with Gasteiger partial charge in [0.25, 0.3) is 11.9 Å². The van der Waals surface area contributed by atoms with Gasteiger partial charge >= 0.3 is 0 Å². The Labute approximate surface area is 120 Å². The molecule has 0 unspecified atom stereocenters. The van der Waals surface area contributed by atoms with Gasteiger partial charge in [-0.15, -0.1) is 0 Å². The highest BCUT2D eigenvalue weighted by Gasteiger charge is 2.20. The molecular formula is C9H18N6O6. The fourth-order valence-corrected chi connectivity index (χ4v) is 1.29. The summed E-state index contributed by atoms with van der Waals surface area (Å²) in [5.74, 6) is -0.143. The van der Waals surface area contributed by atoms with Crippen molar-refractivity contribution in [1.29, 1.82) is 0 Å².